The standard InChI is InChI=1S/C22H24N4O3S/c1-16-20(19-10-3-4-11-21(19)24-16)15-23-25-22(27)17-8-7-9-18(14-17)30(28,29)26-12-5-2-6-13-26/h3-4,7-11,14-15,24H,2,5-6,12-13H2,1H3,(H,25,27). The average Bonchev–Trinajstić information content (AvgIpc) is 3.09. The Labute approximate surface area is 175 Å². The highest BCUT2D eigenvalue weighted by Crippen LogP contribution is 2.22. The fourth-order valence-corrected chi connectivity index (χ4v) is 5.30. The van der Waals surface area contributed by atoms with Crippen molar-refractivity contribution in [2.75, 3.05) is 13.1 Å². The molecule has 1 saturated heterocycles. The molecule has 1 amide bonds. The number of hydrogen-bond donors (Lipinski definition) is 2. The average molecular weight is 425 g/mol. The summed E-state index contributed by atoms with van der Waals surface area (Å²) in [6.07, 6.45) is 4.37. The smallest absolute Gasteiger partial charge is 0.271 e. The first-order chi connectivity index (χ1) is 14.5. The van der Waals surface area contributed by atoms with Crippen LogP contribution >= 0.6 is 0 Å². The zero-order valence-electron chi connectivity index (χ0n) is 16.8. The van der Waals surface area contributed by atoms with Crippen LogP contribution < -0.4 is 5.43 Å². The predicted octanol–water partition coefficient (Wildman–Crippen LogP) is 3.41. The van der Waals surface area contributed by atoms with Crippen molar-refractivity contribution in [3.8, 4) is 0 Å². The van der Waals surface area contributed by atoms with Crippen LogP contribution in [0, 0.1) is 6.92 Å². The van der Waals surface area contributed by atoms with Gasteiger partial charge in [0, 0.05) is 40.8 Å². The summed E-state index contributed by atoms with van der Waals surface area (Å²) in [5, 5.41) is 5.09. The van der Waals surface area contributed by atoms with Crippen molar-refractivity contribution in [2.45, 2.75) is 31.1 Å². The van der Waals surface area contributed by atoms with Crippen molar-refractivity contribution in [2.24, 2.45) is 5.10 Å². The van der Waals surface area contributed by atoms with E-state index in [1.165, 1.54) is 16.4 Å². The van der Waals surface area contributed by atoms with Crippen molar-refractivity contribution < 1.29 is 13.2 Å². The minimum absolute atomic E-state index is 0.133. The summed E-state index contributed by atoms with van der Waals surface area (Å²) < 4.78 is 27.2. The number of carbonyl (C=O) groups excluding carboxylic acids is 1. The second-order valence-corrected chi connectivity index (χ2v) is 9.34. The molecule has 30 heavy (non-hydrogen) atoms. The molecule has 1 fully saturated rings. The molecule has 1 aliphatic heterocycles. The van der Waals surface area contributed by atoms with Crippen molar-refractivity contribution in [1.82, 2.24) is 14.7 Å². The molecule has 8 heteroatoms. The van der Waals surface area contributed by atoms with E-state index in [9.17, 15) is 13.2 Å². The minimum atomic E-state index is -3.59. The largest absolute Gasteiger partial charge is 0.358 e. The molecule has 0 aliphatic carbocycles. The fourth-order valence-electron chi connectivity index (χ4n) is 3.74. The van der Waals surface area contributed by atoms with Crippen LogP contribution in [0.3, 0.4) is 0 Å². The molecular weight excluding hydrogens is 400 g/mol. The number of aromatic nitrogens is 1. The number of piperidine rings is 1. The Bertz CT molecular complexity index is 1210. The second kappa shape index (κ2) is 8.41. The normalized spacial score (nSPS) is 15.6. The number of hydrazone groups is 1. The van der Waals surface area contributed by atoms with Gasteiger partial charge in [0.25, 0.3) is 5.91 Å². The van der Waals surface area contributed by atoms with Crippen molar-refractivity contribution in [3.63, 3.8) is 0 Å². The third kappa shape index (κ3) is 4.01. The third-order valence-corrected chi connectivity index (χ3v) is 7.25. The monoisotopic (exact) mass is 424 g/mol. The number of hydrogen-bond acceptors (Lipinski definition) is 4. The molecule has 156 valence electrons. The topological polar surface area (TPSA) is 94.6 Å². The first kappa shape index (κ1) is 20.3. The minimum Gasteiger partial charge on any atom is -0.358 e. The zero-order chi connectivity index (χ0) is 21.1. The molecule has 0 spiro atoms. The predicted molar refractivity (Wildman–Crippen MR) is 117 cm³/mol. The molecule has 1 aromatic heterocycles. The van der Waals surface area contributed by atoms with Gasteiger partial charge in [0.05, 0.1) is 11.1 Å². The summed E-state index contributed by atoms with van der Waals surface area (Å²) in [6.45, 7) is 2.98. The van der Waals surface area contributed by atoms with E-state index in [2.05, 4.69) is 15.5 Å². The number of fused-ring (bicyclic) bond motifs is 1. The number of rotatable bonds is 5. The second-order valence-electron chi connectivity index (χ2n) is 7.40. The molecule has 1 aliphatic rings. The lowest BCUT2D eigenvalue weighted by molar-refractivity contribution is 0.0955. The highest BCUT2D eigenvalue weighted by atomic mass is 32.2. The lowest BCUT2D eigenvalue weighted by Crippen LogP contribution is -2.35. The number of nitrogens with one attached hydrogen (secondary N) is 2. The lowest BCUT2D eigenvalue weighted by Gasteiger charge is -2.25. The number of carbonyl (C=O) groups is 1. The summed E-state index contributed by atoms with van der Waals surface area (Å²) in [5.74, 6) is -0.459. The Morgan fingerprint density at radius 3 is 2.67 bits per heavy atom. The van der Waals surface area contributed by atoms with Crippen LogP contribution in [0.15, 0.2) is 58.5 Å². The maximum absolute atomic E-state index is 12.9. The van der Waals surface area contributed by atoms with E-state index in [0.717, 1.165) is 41.4 Å². The molecule has 2 aromatic carbocycles. The van der Waals surface area contributed by atoms with Gasteiger partial charge in [-0.2, -0.15) is 9.41 Å². The zero-order valence-corrected chi connectivity index (χ0v) is 17.6. The van der Waals surface area contributed by atoms with Gasteiger partial charge in [0.1, 0.15) is 0 Å². The van der Waals surface area contributed by atoms with Gasteiger partial charge in [-0.05, 0) is 44.0 Å². The summed E-state index contributed by atoms with van der Waals surface area (Å²) >= 11 is 0. The molecule has 0 bridgehead atoms. The number of H-pyrrole nitrogens is 1. The molecule has 7 nitrogen and oxygen atoms in total. The number of sulfonamides is 1. The fraction of sp³-hybridized carbons (Fsp3) is 0.273. The van der Waals surface area contributed by atoms with Crippen LogP contribution in [-0.2, 0) is 10.0 Å². The van der Waals surface area contributed by atoms with E-state index in [1.54, 1.807) is 18.3 Å². The summed E-state index contributed by atoms with van der Waals surface area (Å²) in [5.41, 5.74) is 5.59. The Balaban J connectivity index is 1.51. The molecule has 0 saturated carbocycles. The van der Waals surface area contributed by atoms with Crippen LogP contribution in [0.2, 0.25) is 0 Å². The van der Waals surface area contributed by atoms with Crippen LogP contribution in [0.4, 0.5) is 0 Å². The highest BCUT2D eigenvalue weighted by Gasteiger charge is 2.26. The summed E-state index contributed by atoms with van der Waals surface area (Å²) in [4.78, 5) is 15.9. The van der Waals surface area contributed by atoms with Crippen LogP contribution in [-0.4, -0.2) is 42.9 Å². The van der Waals surface area contributed by atoms with E-state index >= 15 is 0 Å². The van der Waals surface area contributed by atoms with Crippen LogP contribution in [0.1, 0.15) is 40.9 Å². The lowest BCUT2D eigenvalue weighted by atomic mass is 10.1. The Morgan fingerprint density at radius 1 is 1.10 bits per heavy atom. The SMILES string of the molecule is Cc1[nH]c2ccccc2c1C=NNC(=O)c1cccc(S(=O)(=O)N2CCCCC2)c1. The number of aromatic amines is 1. The van der Waals surface area contributed by atoms with Crippen LogP contribution in [0.5, 0.6) is 0 Å². The Morgan fingerprint density at radius 2 is 1.87 bits per heavy atom. The van der Waals surface area contributed by atoms with Crippen molar-refractivity contribution in [3.05, 3.63) is 65.4 Å². The molecule has 0 radical (unpaired) electrons. The maximum atomic E-state index is 12.9. The Kier molecular flexibility index (Phi) is 5.69. The van der Waals surface area contributed by atoms with E-state index in [1.807, 2.05) is 31.2 Å². The third-order valence-electron chi connectivity index (χ3n) is 5.35. The quantitative estimate of drug-likeness (QED) is 0.485. The number of para-hydroxylation sites is 1. The molecule has 4 rings (SSSR count). The molecule has 2 heterocycles. The van der Waals surface area contributed by atoms with E-state index < -0.39 is 15.9 Å². The van der Waals surface area contributed by atoms with Gasteiger partial charge in [0.2, 0.25) is 10.0 Å². The molecule has 0 atom stereocenters. The summed E-state index contributed by atoms with van der Waals surface area (Å²) in [6, 6.07) is 14.0. The Hall–Kier alpha value is -2.97. The van der Waals surface area contributed by atoms with E-state index in [4.69, 9.17) is 0 Å². The summed E-state index contributed by atoms with van der Waals surface area (Å²) in [7, 11) is -3.59. The van der Waals surface area contributed by atoms with E-state index in [0.29, 0.717) is 13.1 Å². The van der Waals surface area contributed by atoms with Gasteiger partial charge in [0.15, 0.2) is 0 Å². The van der Waals surface area contributed by atoms with Gasteiger partial charge < -0.3 is 4.98 Å². The number of aryl methyl sites for hydroxylation is 1. The molecular formula is C22H24N4O3S. The van der Waals surface area contributed by atoms with Gasteiger partial charge in [-0.25, -0.2) is 13.8 Å². The number of amides is 1. The van der Waals surface area contributed by atoms with Gasteiger partial charge >= 0.3 is 0 Å². The molecule has 0 unspecified atom stereocenters. The molecule has 2 N–H and O–H groups in total. The molecule has 3 aromatic rings. The number of nitrogens with zero attached hydrogens (tertiary/aromatic N) is 2. The van der Waals surface area contributed by atoms with Crippen LogP contribution in [0.25, 0.3) is 10.9 Å². The number of benzene rings is 2. The van der Waals surface area contributed by atoms with Gasteiger partial charge in [-0.3, -0.25) is 4.79 Å². The maximum Gasteiger partial charge on any atom is 0.271 e. The first-order valence-corrected chi connectivity index (χ1v) is 11.4. The van der Waals surface area contributed by atoms with Crippen molar-refractivity contribution >= 4 is 33.0 Å². The van der Waals surface area contributed by atoms with Gasteiger partial charge in [-0.15, -0.1) is 0 Å². The first-order valence-electron chi connectivity index (χ1n) is 9.98. The van der Waals surface area contributed by atoms with Gasteiger partial charge in [-0.1, -0.05) is 30.7 Å². The highest BCUT2D eigenvalue weighted by molar-refractivity contribution is 7.89. The van der Waals surface area contributed by atoms with Crippen molar-refractivity contribution in [1.29, 1.82) is 0 Å². The van der Waals surface area contributed by atoms with E-state index in [-0.39, 0.29) is 10.5 Å².